The minimum absolute atomic E-state index is 0.0159. The predicted octanol–water partition coefficient (Wildman–Crippen LogP) is 5.30. The average Bonchev–Trinajstić information content (AvgIpc) is 2.63. The number of benzene rings is 2. The molecule has 154 valence electrons. The third-order valence-corrected chi connectivity index (χ3v) is 4.88. The summed E-state index contributed by atoms with van der Waals surface area (Å²) in [5.74, 6) is -1.48. The lowest BCUT2D eigenvalue weighted by atomic mass is 10.1. The molecule has 9 nitrogen and oxygen atoms in total. The molecule has 29 heavy (non-hydrogen) atoms. The van der Waals surface area contributed by atoms with E-state index in [0.29, 0.717) is 0 Å². The molecule has 13 heteroatoms. The molecular formula is C16H11BrCl3N3O6. The molecule has 2 rings (SSSR count). The number of nitro benzene ring substituents is 1. The first-order valence-corrected chi connectivity index (χ1v) is 9.39. The van der Waals surface area contributed by atoms with Crippen LogP contribution in [0.3, 0.4) is 0 Å². The van der Waals surface area contributed by atoms with Crippen molar-refractivity contribution >= 4 is 74.0 Å². The van der Waals surface area contributed by atoms with Crippen LogP contribution in [0.4, 0.5) is 16.2 Å². The van der Waals surface area contributed by atoms with Crippen LogP contribution in [0.1, 0.15) is 10.4 Å². The molecule has 3 amide bonds. The molecule has 0 aliphatic rings. The van der Waals surface area contributed by atoms with E-state index in [2.05, 4.69) is 21.2 Å². The fraction of sp³-hybridized carbons (Fsp3) is 0.125. The third kappa shape index (κ3) is 5.02. The zero-order valence-corrected chi connectivity index (χ0v) is 18.5. The van der Waals surface area contributed by atoms with Crippen molar-refractivity contribution in [2.24, 2.45) is 0 Å². The topological polar surface area (TPSA) is 120 Å². The Morgan fingerprint density at radius 1 is 1.07 bits per heavy atom. The smallest absolute Gasteiger partial charge is 0.326 e. The third-order valence-electron chi connectivity index (χ3n) is 3.47. The van der Waals surface area contributed by atoms with Crippen LogP contribution in [-0.4, -0.2) is 31.1 Å². The first kappa shape index (κ1) is 23.0. The minimum Gasteiger partial charge on any atom is -0.495 e. The number of halogens is 4. The first-order chi connectivity index (χ1) is 13.6. The molecule has 0 atom stereocenters. The van der Waals surface area contributed by atoms with Gasteiger partial charge in [0.25, 0.3) is 5.91 Å². The van der Waals surface area contributed by atoms with Gasteiger partial charge in [0.1, 0.15) is 11.3 Å². The molecule has 2 aromatic carbocycles. The SMILES string of the molecule is COc1c(Br)cc([N+](=O)[O-])c(OC)c1C(=O)NC(=O)Nc1c(Cl)cc(Cl)cc1Cl. The quantitative estimate of drug-likeness (QED) is 0.402. The van der Waals surface area contributed by atoms with Gasteiger partial charge in [0.15, 0.2) is 0 Å². The maximum atomic E-state index is 12.7. The number of urea groups is 1. The molecule has 0 bridgehead atoms. The lowest BCUT2D eigenvalue weighted by molar-refractivity contribution is -0.385. The highest BCUT2D eigenvalue weighted by Gasteiger charge is 2.31. The van der Waals surface area contributed by atoms with Crippen molar-refractivity contribution in [2.45, 2.75) is 0 Å². The van der Waals surface area contributed by atoms with Crippen LogP contribution in [0.2, 0.25) is 15.1 Å². The number of anilines is 1. The van der Waals surface area contributed by atoms with Crippen LogP contribution in [0.15, 0.2) is 22.7 Å². The maximum Gasteiger partial charge on any atom is 0.326 e. The van der Waals surface area contributed by atoms with E-state index in [-0.39, 0.29) is 42.3 Å². The van der Waals surface area contributed by atoms with E-state index in [4.69, 9.17) is 44.3 Å². The Kier molecular flexibility index (Phi) is 7.53. The standard InChI is InChI=1S/C16H11BrCl3N3O6/c1-28-13-7(17)5-10(23(26)27)14(29-2)11(13)15(24)22-16(25)21-12-8(19)3-6(18)4-9(12)20/h3-5H,1-2H3,(H2,21,22,24,25). The summed E-state index contributed by atoms with van der Waals surface area (Å²) in [6.07, 6.45) is 0. The molecule has 0 saturated carbocycles. The van der Waals surface area contributed by atoms with E-state index in [1.54, 1.807) is 0 Å². The first-order valence-electron chi connectivity index (χ1n) is 7.46. The summed E-state index contributed by atoms with van der Waals surface area (Å²) in [5.41, 5.74) is -0.851. The van der Waals surface area contributed by atoms with Crippen molar-refractivity contribution in [3.05, 3.63) is 53.4 Å². The van der Waals surface area contributed by atoms with Gasteiger partial charge in [-0.25, -0.2) is 4.79 Å². The Bertz CT molecular complexity index is 995. The number of ether oxygens (including phenoxy) is 2. The van der Waals surface area contributed by atoms with Gasteiger partial charge < -0.3 is 14.8 Å². The van der Waals surface area contributed by atoms with Gasteiger partial charge in [0.05, 0.1) is 39.3 Å². The van der Waals surface area contributed by atoms with Crippen LogP contribution in [0.25, 0.3) is 0 Å². The van der Waals surface area contributed by atoms with Gasteiger partial charge in [-0.15, -0.1) is 0 Å². The number of rotatable bonds is 5. The Labute approximate surface area is 187 Å². The molecule has 0 unspecified atom stereocenters. The van der Waals surface area contributed by atoms with Gasteiger partial charge >= 0.3 is 11.7 Å². The number of nitrogens with one attached hydrogen (secondary N) is 2. The number of carbonyl (C=O) groups excluding carboxylic acids is 2. The molecule has 2 aromatic rings. The highest BCUT2D eigenvalue weighted by Crippen LogP contribution is 2.42. The molecule has 0 aliphatic carbocycles. The number of nitro groups is 1. The lowest BCUT2D eigenvalue weighted by Gasteiger charge is -2.15. The molecule has 0 aliphatic heterocycles. The zero-order chi connectivity index (χ0) is 21.9. The van der Waals surface area contributed by atoms with Crippen molar-refractivity contribution < 1.29 is 24.0 Å². The highest BCUT2D eigenvalue weighted by molar-refractivity contribution is 9.10. The number of imide groups is 1. The molecular weight excluding hydrogens is 516 g/mol. The summed E-state index contributed by atoms with van der Waals surface area (Å²) in [7, 11) is 2.38. The van der Waals surface area contributed by atoms with Crippen LogP contribution in [0, 0.1) is 10.1 Å². The van der Waals surface area contributed by atoms with Gasteiger partial charge in [-0.2, -0.15) is 0 Å². The van der Waals surface area contributed by atoms with E-state index in [1.807, 2.05) is 5.32 Å². The normalized spacial score (nSPS) is 10.3. The lowest BCUT2D eigenvalue weighted by Crippen LogP contribution is -2.35. The van der Waals surface area contributed by atoms with Gasteiger partial charge in [0, 0.05) is 11.1 Å². The largest absolute Gasteiger partial charge is 0.495 e. The molecule has 0 aromatic heterocycles. The summed E-state index contributed by atoms with van der Waals surface area (Å²) in [6.45, 7) is 0. The Morgan fingerprint density at radius 3 is 2.10 bits per heavy atom. The molecule has 0 radical (unpaired) electrons. The number of hydrogen-bond donors (Lipinski definition) is 2. The fourth-order valence-electron chi connectivity index (χ4n) is 2.32. The second-order valence-electron chi connectivity index (χ2n) is 5.23. The van der Waals surface area contributed by atoms with Gasteiger partial charge in [-0.3, -0.25) is 20.2 Å². The summed E-state index contributed by atoms with van der Waals surface area (Å²) in [4.78, 5) is 35.5. The minimum atomic E-state index is -1.03. The van der Waals surface area contributed by atoms with Crippen molar-refractivity contribution in [3.8, 4) is 11.5 Å². The van der Waals surface area contributed by atoms with E-state index in [1.165, 1.54) is 19.2 Å². The average molecular weight is 528 g/mol. The monoisotopic (exact) mass is 525 g/mol. The maximum absolute atomic E-state index is 12.7. The number of amides is 3. The van der Waals surface area contributed by atoms with Crippen molar-refractivity contribution in [1.29, 1.82) is 0 Å². The van der Waals surface area contributed by atoms with Crippen molar-refractivity contribution in [3.63, 3.8) is 0 Å². The van der Waals surface area contributed by atoms with E-state index >= 15 is 0 Å². The van der Waals surface area contributed by atoms with Crippen LogP contribution >= 0.6 is 50.7 Å². The van der Waals surface area contributed by atoms with Gasteiger partial charge in [0.2, 0.25) is 5.75 Å². The summed E-state index contributed by atoms with van der Waals surface area (Å²) < 4.78 is 10.3. The Balaban J connectivity index is 2.40. The second-order valence-corrected chi connectivity index (χ2v) is 7.33. The molecule has 2 N–H and O–H groups in total. The van der Waals surface area contributed by atoms with Gasteiger partial charge in [-0.1, -0.05) is 34.8 Å². The zero-order valence-electron chi connectivity index (χ0n) is 14.6. The van der Waals surface area contributed by atoms with Crippen LogP contribution in [0.5, 0.6) is 11.5 Å². The fourth-order valence-corrected chi connectivity index (χ4v) is 3.81. The number of methoxy groups -OCH3 is 2. The van der Waals surface area contributed by atoms with E-state index in [0.717, 1.165) is 13.2 Å². The number of carbonyl (C=O) groups is 2. The second kappa shape index (κ2) is 9.49. The van der Waals surface area contributed by atoms with Crippen LogP contribution < -0.4 is 20.1 Å². The molecule has 0 saturated heterocycles. The van der Waals surface area contributed by atoms with Crippen molar-refractivity contribution in [2.75, 3.05) is 19.5 Å². The molecule has 0 spiro atoms. The van der Waals surface area contributed by atoms with Gasteiger partial charge in [-0.05, 0) is 28.1 Å². The summed E-state index contributed by atoms with van der Waals surface area (Å²) >= 11 is 20.9. The summed E-state index contributed by atoms with van der Waals surface area (Å²) in [5, 5.41) is 15.9. The van der Waals surface area contributed by atoms with E-state index in [9.17, 15) is 19.7 Å². The van der Waals surface area contributed by atoms with E-state index < -0.39 is 22.5 Å². The highest BCUT2D eigenvalue weighted by atomic mass is 79.9. The number of nitrogens with zero attached hydrogens (tertiary/aromatic N) is 1. The predicted molar refractivity (Wildman–Crippen MR) is 112 cm³/mol. The molecule has 0 heterocycles. The summed E-state index contributed by atoms with van der Waals surface area (Å²) in [6, 6.07) is 2.79. The van der Waals surface area contributed by atoms with Crippen molar-refractivity contribution in [1.82, 2.24) is 5.32 Å². The molecule has 0 fully saturated rings. The van der Waals surface area contributed by atoms with Crippen LogP contribution in [-0.2, 0) is 0 Å². The Hall–Kier alpha value is -2.27. The Morgan fingerprint density at radius 2 is 1.62 bits per heavy atom. The number of hydrogen-bond acceptors (Lipinski definition) is 6.